The van der Waals surface area contributed by atoms with Gasteiger partial charge < -0.3 is 5.32 Å². The first-order chi connectivity index (χ1) is 9.62. The predicted octanol–water partition coefficient (Wildman–Crippen LogP) is 0.782. The molecule has 106 valence electrons. The molecule has 20 heavy (non-hydrogen) atoms. The lowest BCUT2D eigenvalue weighted by molar-refractivity contribution is 0.600. The molecule has 1 heterocycles. The van der Waals surface area contributed by atoms with Gasteiger partial charge in [-0.05, 0) is 24.2 Å². The molecular formula is C12H15N5O2S. The maximum atomic E-state index is 12.1. The van der Waals surface area contributed by atoms with Crippen LogP contribution in [0.2, 0.25) is 0 Å². The highest BCUT2D eigenvalue weighted by Gasteiger charge is 2.15. The first-order valence-corrected chi connectivity index (χ1v) is 7.56. The Morgan fingerprint density at radius 3 is 2.50 bits per heavy atom. The number of aromatic nitrogens is 3. The number of anilines is 1. The number of benzene rings is 1. The maximum absolute atomic E-state index is 12.1. The van der Waals surface area contributed by atoms with Crippen molar-refractivity contribution in [1.82, 2.24) is 20.5 Å². The Balaban J connectivity index is 2.13. The minimum atomic E-state index is -3.69. The van der Waals surface area contributed by atoms with Gasteiger partial charge in [0.2, 0.25) is 0 Å². The molecule has 0 aliphatic carbocycles. The van der Waals surface area contributed by atoms with Crippen LogP contribution >= 0.6 is 0 Å². The summed E-state index contributed by atoms with van der Waals surface area (Å²) in [6.45, 7) is 3.58. The van der Waals surface area contributed by atoms with Crippen LogP contribution in [0.5, 0.6) is 0 Å². The highest BCUT2D eigenvalue weighted by Crippen LogP contribution is 2.13. The molecule has 8 heteroatoms. The highest BCUT2D eigenvalue weighted by molar-refractivity contribution is 7.92. The summed E-state index contributed by atoms with van der Waals surface area (Å²) in [5.41, 5.74) is 1.02. The Bertz CT molecular complexity index is 643. The second-order valence-electron chi connectivity index (χ2n) is 4.00. The summed E-state index contributed by atoms with van der Waals surface area (Å²) in [6, 6.07) is 6.62. The third-order valence-electron chi connectivity index (χ3n) is 2.52. The van der Waals surface area contributed by atoms with E-state index in [1.54, 1.807) is 24.3 Å². The van der Waals surface area contributed by atoms with Crippen molar-refractivity contribution in [3.05, 3.63) is 42.2 Å². The van der Waals surface area contributed by atoms with Crippen molar-refractivity contribution in [3.63, 3.8) is 0 Å². The third kappa shape index (κ3) is 3.72. The predicted molar refractivity (Wildman–Crippen MR) is 74.5 cm³/mol. The van der Waals surface area contributed by atoms with E-state index in [0.29, 0.717) is 6.54 Å². The smallest absolute Gasteiger partial charge is 0.264 e. The van der Waals surface area contributed by atoms with E-state index in [1.807, 2.05) is 6.92 Å². The Morgan fingerprint density at radius 1 is 1.15 bits per heavy atom. The van der Waals surface area contributed by atoms with E-state index in [1.165, 1.54) is 12.4 Å². The molecule has 2 aromatic rings. The van der Waals surface area contributed by atoms with Gasteiger partial charge in [-0.25, -0.2) is 18.1 Å². The van der Waals surface area contributed by atoms with Crippen molar-refractivity contribution >= 4 is 16.0 Å². The first kappa shape index (κ1) is 14.4. The molecule has 0 saturated carbocycles. The van der Waals surface area contributed by atoms with Crippen molar-refractivity contribution < 1.29 is 8.42 Å². The van der Waals surface area contributed by atoms with Gasteiger partial charge in [-0.2, -0.15) is 5.10 Å². The summed E-state index contributed by atoms with van der Waals surface area (Å²) in [6.07, 6.45) is 2.73. The number of sulfonamides is 1. The molecule has 0 aliphatic rings. The van der Waals surface area contributed by atoms with Crippen LogP contribution in [0, 0.1) is 0 Å². The minimum absolute atomic E-state index is 0.0516. The van der Waals surface area contributed by atoms with Crippen LogP contribution in [0.15, 0.2) is 41.6 Å². The fraction of sp³-hybridized carbons (Fsp3) is 0.250. The fourth-order valence-corrected chi connectivity index (χ4v) is 2.48. The second-order valence-corrected chi connectivity index (χ2v) is 5.68. The standard InChI is InChI=1S/C12H15N5O2S/c1-2-13-9-10-3-5-11(6-4-10)20(18,19)17-12-14-7-8-15-16-12/h3-8,13H,2,9H2,1H3,(H,14,16,17). The zero-order valence-corrected chi connectivity index (χ0v) is 11.8. The molecule has 0 unspecified atom stereocenters. The van der Waals surface area contributed by atoms with E-state index in [9.17, 15) is 8.42 Å². The van der Waals surface area contributed by atoms with E-state index >= 15 is 0 Å². The zero-order chi connectivity index (χ0) is 14.4. The van der Waals surface area contributed by atoms with Crippen LogP contribution in [0.1, 0.15) is 12.5 Å². The molecular weight excluding hydrogens is 278 g/mol. The monoisotopic (exact) mass is 293 g/mol. The van der Waals surface area contributed by atoms with Gasteiger partial charge in [0, 0.05) is 6.54 Å². The van der Waals surface area contributed by atoms with E-state index in [4.69, 9.17) is 0 Å². The molecule has 0 aliphatic heterocycles. The van der Waals surface area contributed by atoms with Gasteiger partial charge in [-0.15, -0.1) is 5.10 Å². The lowest BCUT2D eigenvalue weighted by Crippen LogP contribution is -2.16. The van der Waals surface area contributed by atoms with Crippen molar-refractivity contribution in [1.29, 1.82) is 0 Å². The highest BCUT2D eigenvalue weighted by atomic mass is 32.2. The van der Waals surface area contributed by atoms with Gasteiger partial charge in [-0.3, -0.25) is 0 Å². The normalized spacial score (nSPS) is 11.2. The molecule has 0 fully saturated rings. The molecule has 0 radical (unpaired) electrons. The van der Waals surface area contributed by atoms with E-state index in [-0.39, 0.29) is 10.8 Å². The molecule has 2 rings (SSSR count). The van der Waals surface area contributed by atoms with Gasteiger partial charge in [0.1, 0.15) is 0 Å². The summed E-state index contributed by atoms with van der Waals surface area (Å²) in [5.74, 6) is -0.0516. The van der Waals surface area contributed by atoms with Gasteiger partial charge in [0.15, 0.2) is 0 Å². The van der Waals surface area contributed by atoms with E-state index in [0.717, 1.165) is 12.1 Å². The SMILES string of the molecule is CCNCc1ccc(S(=O)(=O)Nc2nccnn2)cc1. The lowest BCUT2D eigenvalue weighted by atomic mass is 10.2. The molecule has 0 saturated heterocycles. The van der Waals surface area contributed by atoms with Crippen LogP contribution in [-0.2, 0) is 16.6 Å². The van der Waals surface area contributed by atoms with Crippen LogP contribution in [0.25, 0.3) is 0 Å². The number of nitrogens with zero attached hydrogens (tertiary/aromatic N) is 3. The molecule has 0 amide bonds. The lowest BCUT2D eigenvalue weighted by Gasteiger charge is -2.07. The van der Waals surface area contributed by atoms with Crippen molar-refractivity contribution in [2.45, 2.75) is 18.4 Å². The minimum Gasteiger partial charge on any atom is -0.313 e. The summed E-state index contributed by atoms with van der Waals surface area (Å²) < 4.78 is 26.5. The largest absolute Gasteiger partial charge is 0.313 e. The maximum Gasteiger partial charge on any atom is 0.264 e. The zero-order valence-electron chi connectivity index (χ0n) is 10.9. The first-order valence-electron chi connectivity index (χ1n) is 6.08. The number of nitrogens with one attached hydrogen (secondary N) is 2. The average Bonchev–Trinajstić information content (AvgIpc) is 2.46. The number of hydrogen-bond donors (Lipinski definition) is 2. The summed E-state index contributed by atoms with van der Waals surface area (Å²) in [4.78, 5) is 3.93. The second kappa shape index (κ2) is 6.40. The molecule has 1 aromatic carbocycles. The molecule has 0 atom stereocenters. The van der Waals surface area contributed by atoms with Crippen molar-refractivity contribution in [2.24, 2.45) is 0 Å². The van der Waals surface area contributed by atoms with Crippen molar-refractivity contribution in [2.75, 3.05) is 11.3 Å². The van der Waals surface area contributed by atoms with E-state index in [2.05, 4.69) is 25.2 Å². The topological polar surface area (TPSA) is 96.9 Å². The summed E-state index contributed by atoms with van der Waals surface area (Å²) >= 11 is 0. The fourth-order valence-electron chi connectivity index (χ4n) is 1.53. The van der Waals surface area contributed by atoms with Gasteiger partial charge >= 0.3 is 0 Å². The summed E-state index contributed by atoms with van der Waals surface area (Å²) in [7, 11) is -3.69. The average molecular weight is 293 g/mol. The molecule has 7 nitrogen and oxygen atoms in total. The quantitative estimate of drug-likeness (QED) is 0.817. The van der Waals surface area contributed by atoms with Gasteiger partial charge in [0.05, 0.1) is 17.3 Å². The van der Waals surface area contributed by atoms with Crippen LogP contribution in [0.4, 0.5) is 5.95 Å². The Morgan fingerprint density at radius 2 is 1.90 bits per heavy atom. The van der Waals surface area contributed by atoms with Crippen LogP contribution in [-0.4, -0.2) is 30.1 Å². The Kier molecular flexibility index (Phi) is 4.59. The van der Waals surface area contributed by atoms with Crippen molar-refractivity contribution in [3.8, 4) is 0 Å². The molecule has 1 aromatic heterocycles. The van der Waals surface area contributed by atoms with Gasteiger partial charge in [0.25, 0.3) is 16.0 Å². The van der Waals surface area contributed by atoms with Crippen LogP contribution < -0.4 is 10.0 Å². The third-order valence-corrected chi connectivity index (χ3v) is 3.87. The van der Waals surface area contributed by atoms with Crippen LogP contribution in [0.3, 0.4) is 0 Å². The number of hydrogen-bond acceptors (Lipinski definition) is 6. The molecule has 0 spiro atoms. The Labute approximate surface area is 117 Å². The molecule has 0 bridgehead atoms. The molecule has 2 N–H and O–H groups in total. The number of rotatable bonds is 6. The van der Waals surface area contributed by atoms with Gasteiger partial charge in [-0.1, -0.05) is 19.1 Å². The summed E-state index contributed by atoms with van der Waals surface area (Å²) in [5, 5.41) is 10.3. The van der Waals surface area contributed by atoms with E-state index < -0.39 is 10.0 Å². The Hall–Kier alpha value is -2.06.